The van der Waals surface area contributed by atoms with Crippen molar-refractivity contribution in [1.29, 1.82) is 0 Å². The standard InChI is InChI=1S/C22H21O2/c1-3-10-21(11-4-1)23-16-14-19-8-7-9-20(18-19)15-17-24-22-12-5-2-6-13-22/h1-13H,14-17H2. The highest BCUT2D eigenvalue weighted by molar-refractivity contribution is 5.24. The Balaban J connectivity index is 1.45. The van der Waals surface area contributed by atoms with Gasteiger partial charge in [-0.1, -0.05) is 54.6 Å². The fourth-order valence-corrected chi connectivity index (χ4v) is 2.45. The molecule has 0 unspecified atom stereocenters. The quantitative estimate of drug-likeness (QED) is 0.598. The van der Waals surface area contributed by atoms with E-state index in [4.69, 9.17) is 9.47 Å². The largest absolute Gasteiger partial charge is 0.493 e. The maximum absolute atomic E-state index is 5.74. The molecule has 0 heterocycles. The fourth-order valence-electron chi connectivity index (χ4n) is 2.45. The number of rotatable bonds is 8. The van der Waals surface area contributed by atoms with Crippen molar-refractivity contribution < 1.29 is 9.47 Å². The van der Waals surface area contributed by atoms with E-state index in [1.807, 2.05) is 60.7 Å². The molecule has 2 heteroatoms. The molecule has 3 rings (SSSR count). The van der Waals surface area contributed by atoms with E-state index in [1.54, 1.807) is 0 Å². The predicted octanol–water partition coefficient (Wildman–Crippen LogP) is 4.73. The second-order valence-electron chi connectivity index (χ2n) is 5.52. The Morgan fingerprint density at radius 3 is 1.46 bits per heavy atom. The van der Waals surface area contributed by atoms with Gasteiger partial charge >= 0.3 is 0 Å². The lowest BCUT2D eigenvalue weighted by atomic mass is 10.1. The molecule has 121 valence electrons. The number of para-hydroxylation sites is 2. The summed E-state index contributed by atoms with van der Waals surface area (Å²) in [5, 5.41) is 0. The Kier molecular flexibility index (Phi) is 5.90. The van der Waals surface area contributed by atoms with Gasteiger partial charge in [-0.3, -0.25) is 0 Å². The summed E-state index contributed by atoms with van der Waals surface area (Å²) in [6, 6.07) is 29.5. The molecule has 0 aromatic heterocycles. The molecule has 0 aliphatic rings. The van der Waals surface area contributed by atoms with Crippen molar-refractivity contribution >= 4 is 0 Å². The Bertz CT molecular complexity index is 662. The number of hydrogen-bond donors (Lipinski definition) is 0. The van der Waals surface area contributed by atoms with Gasteiger partial charge < -0.3 is 9.47 Å². The lowest BCUT2D eigenvalue weighted by Crippen LogP contribution is -2.04. The van der Waals surface area contributed by atoms with Crippen LogP contribution in [0.1, 0.15) is 11.1 Å². The van der Waals surface area contributed by atoms with Crippen LogP contribution in [0.3, 0.4) is 0 Å². The Labute approximate surface area is 143 Å². The molecule has 2 nitrogen and oxygen atoms in total. The van der Waals surface area contributed by atoms with E-state index in [0.29, 0.717) is 13.2 Å². The number of ether oxygens (including phenoxy) is 2. The number of hydrogen-bond acceptors (Lipinski definition) is 2. The fraction of sp³-hybridized carbons (Fsp3) is 0.182. The first kappa shape index (κ1) is 16.1. The van der Waals surface area contributed by atoms with Crippen molar-refractivity contribution in [2.24, 2.45) is 0 Å². The van der Waals surface area contributed by atoms with Gasteiger partial charge in [0.1, 0.15) is 11.5 Å². The zero-order valence-electron chi connectivity index (χ0n) is 13.7. The van der Waals surface area contributed by atoms with Crippen LogP contribution in [0.4, 0.5) is 0 Å². The Hall–Kier alpha value is -2.74. The predicted molar refractivity (Wildman–Crippen MR) is 96.6 cm³/mol. The van der Waals surface area contributed by atoms with Crippen molar-refractivity contribution in [2.45, 2.75) is 12.8 Å². The summed E-state index contributed by atoms with van der Waals surface area (Å²) in [5.41, 5.74) is 2.34. The van der Waals surface area contributed by atoms with E-state index in [-0.39, 0.29) is 0 Å². The third-order valence-electron chi connectivity index (χ3n) is 3.68. The molecule has 0 N–H and O–H groups in total. The Morgan fingerprint density at radius 2 is 1.00 bits per heavy atom. The summed E-state index contributed by atoms with van der Waals surface area (Å²) < 4.78 is 11.5. The van der Waals surface area contributed by atoms with E-state index in [9.17, 15) is 0 Å². The highest BCUT2D eigenvalue weighted by Gasteiger charge is 2.00. The monoisotopic (exact) mass is 317 g/mol. The summed E-state index contributed by atoms with van der Waals surface area (Å²) in [6.45, 7) is 1.31. The van der Waals surface area contributed by atoms with E-state index in [2.05, 4.69) is 24.3 Å². The normalized spacial score (nSPS) is 10.3. The van der Waals surface area contributed by atoms with Gasteiger partial charge in [0.05, 0.1) is 13.2 Å². The average molecular weight is 317 g/mol. The van der Waals surface area contributed by atoms with E-state index in [0.717, 1.165) is 24.3 Å². The van der Waals surface area contributed by atoms with Gasteiger partial charge in [0, 0.05) is 12.8 Å². The van der Waals surface area contributed by atoms with Crippen molar-refractivity contribution in [3.63, 3.8) is 0 Å². The van der Waals surface area contributed by atoms with Crippen LogP contribution in [-0.4, -0.2) is 13.2 Å². The van der Waals surface area contributed by atoms with Crippen molar-refractivity contribution in [3.8, 4) is 11.5 Å². The SMILES string of the molecule is [c]1c(CCOc2ccccc2)cccc1CCOc1ccccc1. The minimum Gasteiger partial charge on any atom is -0.493 e. The van der Waals surface area contributed by atoms with Crippen LogP contribution < -0.4 is 9.47 Å². The molecule has 24 heavy (non-hydrogen) atoms. The molecular formula is C22H21O2. The topological polar surface area (TPSA) is 18.5 Å². The lowest BCUT2D eigenvalue weighted by molar-refractivity contribution is 0.320. The molecular weight excluding hydrogens is 296 g/mol. The first-order valence-corrected chi connectivity index (χ1v) is 8.26. The summed E-state index contributed by atoms with van der Waals surface area (Å²) in [6.07, 6.45) is 1.70. The van der Waals surface area contributed by atoms with Crippen LogP contribution in [-0.2, 0) is 12.8 Å². The van der Waals surface area contributed by atoms with E-state index in [1.165, 1.54) is 11.1 Å². The van der Waals surface area contributed by atoms with Crippen molar-refractivity contribution in [3.05, 3.63) is 96.1 Å². The van der Waals surface area contributed by atoms with Gasteiger partial charge in [0.15, 0.2) is 0 Å². The zero-order chi connectivity index (χ0) is 16.5. The second kappa shape index (κ2) is 8.78. The summed E-state index contributed by atoms with van der Waals surface area (Å²) in [7, 11) is 0. The molecule has 0 fully saturated rings. The molecule has 0 saturated heterocycles. The molecule has 1 radical (unpaired) electrons. The maximum atomic E-state index is 5.74. The molecule has 0 aliphatic carbocycles. The maximum Gasteiger partial charge on any atom is 0.119 e. The summed E-state index contributed by atoms with van der Waals surface area (Å²) in [4.78, 5) is 0. The first-order valence-electron chi connectivity index (χ1n) is 8.26. The smallest absolute Gasteiger partial charge is 0.119 e. The van der Waals surface area contributed by atoms with E-state index >= 15 is 0 Å². The molecule has 0 spiro atoms. The molecule has 3 aromatic carbocycles. The molecule has 0 amide bonds. The van der Waals surface area contributed by atoms with Gasteiger partial charge in [0.2, 0.25) is 0 Å². The van der Waals surface area contributed by atoms with E-state index < -0.39 is 0 Å². The van der Waals surface area contributed by atoms with Crippen LogP contribution in [0.15, 0.2) is 78.9 Å². The average Bonchev–Trinajstić information content (AvgIpc) is 2.64. The van der Waals surface area contributed by atoms with Gasteiger partial charge in [-0.05, 0) is 41.5 Å². The van der Waals surface area contributed by atoms with Crippen LogP contribution in [0.2, 0.25) is 0 Å². The van der Waals surface area contributed by atoms with Gasteiger partial charge in [0.25, 0.3) is 0 Å². The summed E-state index contributed by atoms with van der Waals surface area (Å²) in [5.74, 6) is 1.81. The lowest BCUT2D eigenvalue weighted by Gasteiger charge is -2.08. The molecule has 0 atom stereocenters. The van der Waals surface area contributed by atoms with Crippen LogP contribution in [0, 0.1) is 6.07 Å². The second-order valence-corrected chi connectivity index (χ2v) is 5.52. The molecule has 3 aromatic rings. The highest BCUT2D eigenvalue weighted by Crippen LogP contribution is 2.12. The molecule has 0 bridgehead atoms. The Morgan fingerprint density at radius 1 is 0.542 bits per heavy atom. The third-order valence-corrected chi connectivity index (χ3v) is 3.68. The minimum absolute atomic E-state index is 0.657. The summed E-state index contributed by atoms with van der Waals surface area (Å²) >= 11 is 0. The van der Waals surface area contributed by atoms with Crippen LogP contribution in [0.5, 0.6) is 11.5 Å². The highest BCUT2D eigenvalue weighted by atomic mass is 16.5. The van der Waals surface area contributed by atoms with Crippen molar-refractivity contribution in [2.75, 3.05) is 13.2 Å². The number of benzene rings is 3. The molecule has 0 aliphatic heterocycles. The van der Waals surface area contributed by atoms with Crippen molar-refractivity contribution in [1.82, 2.24) is 0 Å². The van der Waals surface area contributed by atoms with Gasteiger partial charge in [-0.2, -0.15) is 0 Å². The zero-order valence-corrected chi connectivity index (χ0v) is 13.7. The van der Waals surface area contributed by atoms with Gasteiger partial charge in [-0.15, -0.1) is 0 Å². The van der Waals surface area contributed by atoms with Crippen LogP contribution >= 0.6 is 0 Å². The third kappa shape index (κ3) is 5.17. The first-order chi connectivity index (χ1) is 11.9. The van der Waals surface area contributed by atoms with Gasteiger partial charge in [-0.25, -0.2) is 0 Å². The molecule has 0 saturated carbocycles. The van der Waals surface area contributed by atoms with Crippen LogP contribution in [0.25, 0.3) is 0 Å². The minimum atomic E-state index is 0.657.